The number of aromatic nitrogens is 1. The van der Waals surface area contributed by atoms with Gasteiger partial charge in [-0.3, -0.25) is 0 Å². The third-order valence-corrected chi connectivity index (χ3v) is 9.17. The van der Waals surface area contributed by atoms with Crippen LogP contribution < -0.4 is 0 Å². The summed E-state index contributed by atoms with van der Waals surface area (Å²) in [6.07, 6.45) is -1.90. The summed E-state index contributed by atoms with van der Waals surface area (Å²) < 4.78 is 81.4. The average Bonchev–Trinajstić information content (AvgIpc) is 2.98. The van der Waals surface area contributed by atoms with Crippen molar-refractivity contribution < 1.29 is 35.9 Å². The number of alkyl halides is 3. The maximum absolute atomic E-state index is 14.2. The number of aliphatic hydroxyl groups excluding tert-OH is 1. The van der Waals surface area contributed by atoms with Gasteiger partial charge in [0.05, 0.1) is 29.9 Å². The van der Waals surface area contributed by atoms with E-state index in [0.717, 1.165) is 30.7 Å². The molecule has 4 aromatic rings. The minimum atomic E-state index is -4.43. The number of pyridine rings is 1. The van der Waals surface area contributed by atoms with E-state index in [1.807, 2.05) is 18.2 Å². The van der Waals surface area contributed by atoms with E-state index in [4.69, 9.17) is 0 Å². The summed E-state index contributed by atoms with van der Waals surface area (Å²) in [6, 6.07) is 15.5. The molecule has 3 aliphatic rings. The number of hydrogen-bond acceptors (Lipinski definition) is 2. The number of halogens is 6. The van der Waals surface area contributed by atoms with Crippen molar-refractivity contribution in [3.63, 3.8) is 0 Å². The molecule has 4 unspecified atom stereocenters. The molecule has 9 heteroatoms. The Kier molecular flexibility index (Phi) is 7.14. The fourth-order valence-corrected chi connectivity index (χ4v) is 7.08. The number of hydrogen-bond donors (Lipinski definition) is 1. The van der Waals surface area contributed by atoms with Crippen molar-refractivity contribution in [2.75, 3.05) is 13.1 Å². The highest BCUT2D eigenvalue weighted by molar-refractivity contribution is 5.85. The summed E-state index contributed by atoms with van der Waals surface area (Å²) in [5.41, 5.74) is 1.86. The first-order valence-corrected chi connectivity index (χ1v) is 13.9. The van der Waals surface area contributed by atoms with Crippen LogP contribution in [0.25, 0.3) is 22.2 Å². The van der Waals surface area contributed by atoms with Gasteiger partial charge in [-0.1, -0.05) is 36.4 Å². The van der Waals surface area contributed by atoms with Crippen LogP contribution in [0.15, 0.2) is 79.4 Å². The van der Waals surface area contributed by atoms with Gasteiger partial charge in [-0.2, -0.15) is 13.2 Å². The SMILES string of the molecule is C=CC1C[N+]2(Cc3cc(F)c(F)c(F)c3)CCC1CC2[C@@H](O)c1cccc2nc(-c3ccc(C(F)(F)F)cc3)ccc12. The maximum Gasteiger partial charge on any atom is 0.416 e. The lowest BCUT2D eigenvalue weighted by Crippen LogP contribution is -2.67. The number of piperidine rings is 3. The van der Waals surface area contributed by atoms with Gasteiger partial charge in [-0.15, -0.1) is 6.58 Å². The fraction of sp³-hybridized carbons (Fsp3) is 0.303. The second-order valence-electron chi connectivity index (χ2n) is 11.5. The van der Waals surface area contributed by atoms with Gasteiger partial charge >= 0.3 is 6.18 Å². The van der Waals surface area contributed by atoms with Crippen LogP contribution in [0.2, 0.25) is 0 Å². The Morgan fingerprint density at radius 1 is 1.00 bits per heavy atom. The van der Waals surface area contributed by atoms with E-state index in [1.165, 1.54) is 12.1 Å². The van der Waals surface area contributed by atoms with Crippen LogP contribution in [0.3, 0.4) is 0 Å². The van der Waals surface area contributed by atoms with Crippen molar-refractivity contribution in [3.05, 3.63) is 114 Å². The molecule has 1 aromatic heterocycles. The molecule has 0 saturated carbocycles. The Hall–Kier alpha value is -3.69. The first-order valence-electron chi connectivity index (χ1n) is 13.9. The molecule has 4 heterocycles. The highest BCUT2D eigenvalue weighted by Gasteiger charge is 2.54. The first-order chi connectivity index (χ1) is 20.0. The fourth-order valence-electron chi connectivity index (χ4n) is 7.08. The van der Waals surface area contributed by atoms with Crippen LogP contribution in [-0.4, -0.2) is 33.7 Å². The standard InChI is InChI=1S/C33H29F6N2O/c1-2-20-18-41(17-19-14-26(34)31(36)27(35)15-19)13-12-22(20)16-30(41)32(42)25-4-3-5-29-24(25)10-11-28(40-29)21-6-8-23(9-7-21)33(37,38)39/h2-11,14-15,20,22,30,32,42H,1,12-13,16-18H2/q+1/t20?,22?,30?,32-,41?/m0/s1. The minimum Gasteiger partial charge on any atom is -0.382 e. The molecule has 3 aliphatic heterocycles. The number of aliphatic hydroxyl groups is 1. The zero-order chi connectivity index (χ0) is 29.8. The van der Waals surface area contributed by atoms with E-state index in [2.05, 4.69) is 11.6 Å². The van der Waals surface area contributed by atoms with Crippen LogP contribution in [0, 0.1) is 29.3 Å². The van der Waals surface area contributed by atoms with Crippen LogP contribution in [0.4, 0.5) is 26.3 Å². The maximum atomic E-state index is 14.2. The van der Waals surface area contributed by atoms with Gasteiger partial charge in [-0.25, -0.2) is 18.2 Å². The third kappa shape index (κ3) is 4.98. The van der Waals surface area contributed by atoms with Crippen molar-refractivity contribution in [2.24, 2.45) is 11.8 Å². The van der Waals surface area contributed by atoms with E-state index in [9.17, 15) is 31.4 Å². The number of benzene rings is 3. The Morgan fingerprint density at radius 3 is 2.38 bits per heavy atom. The normalized spacial score (nSPS) is 24.6. The summed E-state index contributed by atoms with van der Waals surface area (Å²) in [5, 5.41) is 12.6. The van der Waals surface area contributed by atoms with Gasteiger partial charge in [0.25, 0.3) is 0 Å². The predicted octanol–water partition coefficient (Wildman–Crippen LogP) is 7.98. The molecular weight excluding hydrogens is 554 g/mol. The molecule has 0 radical (unpaired) electrons. The third-order valence-electron chi connectivity index (χ3n) is 9.17. The second kappa shape index (κ2) is 10.5. The summed E-state index contributed by atoms with van der Waals surface area (Å²) in [4.78, 5) is 4.68. The molecule has 1 N–H and O–H groups in total. The highest BCUT2D eigenvalue weighted by Crippen LogP contribution is 2.48. The zero-order valence-electron chi connectivity index (χ0n) is 22.6. The van der Waals surface area contributed by atoms with Crippen molar-refractivity contribution in [1.29, 1.82) is 0 Å². The number of quaternary nitrogens is 1. The molecule has 3 aromatic carbocycles. The molecule has 3 saturated heterocycles. The molecule has 218 valence electrons. The molecule has 3 nitrogen and oxygen atoms in total. The highest BCUT2D eigenvalue weighted by atomic mass is 19.4. The van der Waals surface area contributed by atoms with Crippen molar-refractivity contribution in [2.45, 2.75) is 37.7 Å². The summed E-state index contributed by atoms with van der Waals surface area (Å²) >= 11 is 0. The molecule has 5 atom stereocenters. The number of nitrogens with zero attached hydrogens (tertiary/aromatic N) is 2. The zero-order valence-corrected chi connectivity index (χ0v) is 22.6. The molecular formula is C33H29F6N2O+. The monoisotopic (exact) mass is 583 g/mol. The minimum absolute atomic E-state index is 0.179. The van der Waals surface area contributed by atoms with Crippen molar-refractivity contribution in [1.82, 2.24) is 4.98 Å². The van der Waals surface area contributed by atoms with Crippen LogP contribution in [-0.2, 0) is 12.7 Å². The van der Waals surface area contributed by atoms with E-state index < -0.39 is 35.3 Å². The molecule has 0 spiro atoms. The van der Waals surface area contributed by atoms with Gasteiger partial charge in [0, 0.05) is 35.3 Å². The number of rotatable bonds is 6. The molecule has 0 aliphatic carbocycles. The number of fused-ring (bicyclic) bond motifs is 4. The van der Waals surface area contributed by atoms with E-state index in [1.54, 1.807) is 18.2 Å². The van der Waals surface area contributed by atoms with Crippen molar-refractivity contribution >= 4 is 10.9 Å². The molecule has 3 fully saturated rings. The Balaban J connectivity index is 1.35. The summed E-state index contributed by atoms with van der Waals surface area (Å²) in [7, 11) is 0. The van der Waals surface area contributed by atoms with E-state index in [0.29, 0.717) is 63.2 Å². The Labute approximate surface area is 239 Å². The molecule has 7 rings (SSSR count). The second-order valence-corrected chi connectivity index (χ2v) is 11.5. The van der Waals surface area contributed by atoms with Gasteiger partial charge in [0.15, 0.2) is 17.5 Å². The predicted molar refractivity (Wildman–Crippen MR) is 147 cm³/mol. The van der Waals surface area contributed by atoms with Gasteiger partial charge in [0.1, 0.15) is 18.7 Å². The lowest BCUT2D eigenvalue weighted by atomic mass is 9.71. The van der Waals surface area contributed by atoms with E-state index in [-0.39, 0.29) is 18.5 Å². The van der Waals surface area contributed by atoms with E-state index >= 15 is 0 Å². The average molecular weight is 584 g/mol. The van der Waals surface area contributed by atoms with Gasteiger partial charge in [0.2, 0.25) is 0 Å². The topological polar surface area (TPSA) is 33.1 Å². The molecule has 0 amide bonds. The lowest BCUT2D eigenvalue weighted by molar-refractivity contribution is -0.985. The quantitative estimate of drug-likeness (QED) is 0.108. The Bertz CT molecular complexity index is 1630. The van der Waals surface area contributed by atoms with Gasteiger partial charge in [-0.05, 0) is 47.9 Å². The Morgan fingerprint density at radius 2 is 1.71 bits per heavy atom. The summed E-state index contributed by atoms with van der Waals surface area (Å²) in [5.74, 6) is -3.50. The molecule has 42 heavy (non-hydrogen) atoms. The van der Waals surface area contributed by atoms with Gasteiger partial charge < -0.3 is 9.59 Å². The largest absolute Gasteiger partial charge is 0.416 e. The molecule has 2 bridgehead atoms. The first kappa shape index (κ1) is 28.4. The lowest BCUT2D eigenvalue weighted by Gasteiger charge is -2.58. The van der Waals surface area contributed by atoms with Crippen LogP contribution in [0.5, 0.6) is 0 Å². The smallest absolute Gasteiger partial charge is 0.382 e. The van der Waals surface area contributed by atoms with Crippen LogP contribution in [0.1, 0.15) is 35.6 Å². The summed E-state index contributed by atoms with van der Waals surface area (Å²) in [6.45, 7) is 5.55. The van der Waals surface area contributed by atoms with Crippen LogP contribution >= 0.6 is 0 Å². The van der Waals surface area contributed by atoms with Crippen molar-refractivity contribution in [3.8, 4) is 11.3 Å².